The zero-order valence-corrected chi connectivity index (χ0v) is 26.0. The quantitative estimate of drug-likeness (QED) is 0.302. The number of pyridine rings is 1. The number of amides is 1. The number of aromatic nitrogens is 6. The van der Waals surface area contributed by atoms with E-state index in [1.54, 1.807) is 4.90 Å². The second-order valence-corrected chi connectivity index (χ2v) is 12.0. The predicted molar refractivity (Wildman–Crippen MR) is 162 cm³/mol. The molecular formula is C29H31ClF4N10O2. The summed E-state index contributed by atoms with van der Waals surface area (Å²) < 4.78 is 66.5. The Balaban J connectivity index is 1.46. The number of anilines is 2. The molecule has 4 aromatic rings. The zero-order chi connectivity index (χ0) is 32.9. The number of rotatable bonds is 5. The lowest BCUT2D eigenvalue weighted by molar-refractivity contribution is -0.137. The standard InChI is InChI=1S/C29H31ClF4N10O2/c1-15-9-20(35)38-25(22(15)29(32,33)34)21-19(30)10-18-24(23(21)31)39-27(46-12-17-5-4-6-41(17)3)40-26(18)43-8-7-42(11-16(43)2)28(45)44-14-36-13-37-44/h9-10,13-14,16-17H,4-8,11-12H2,1-3H3,(H2,35,38)/t16-,17?/m0/s1. The Bertz CT molecular complexity index is 1790. The minimum absolute atomic E-state index is 0.0902. The van der Waals surface area contributed by atoms with Crippen molar-refractivity contribution in [3.8, 4) is 17.3 Å². The number of nitrogens with two attached hydrogens (primary N) is 1. The van der Waals surface area contributed by atoms with Crippen LogP contribution < -0.4 is 15.4 Å². The van der Waals surface area contributed by atoms with E-state index in [0.29, 0.717) is 0 Å². The molecule has 0 radical (unpaired) electrons. The van der Waals surface area contributed by atoms with Crippen molar-refractivity contribution in [2.24, 2.45) is 0 Å². The molecular weight excluding hydrogens is 632 g/mol. The van der Waals surface area contributed by atoms with Gasteiger partial charge >= 0.3 is 18.2 Å². The first-order chi connectivity index (χ1) is 21.8. The molecule has 0 saturated carbocycles. The number of carbonyl (C=O) groups is 1. The molecule has 2 aliphatic rings. The molecule has 2 atom stereocenters. The van der Waals surface area contributed by atoms with Crippen LogP contribution >= 0.6 is 11.6 Å². The van der Waals surface area contributed by atoms with E-state index >= 15 is 4.39 Å². The van der Waals surface area contributed by atoms with E-state index in [-0.39, 0.29) is 83.5 Å². The number of alkyl halides is 3. The van der Waals surface area contributed by atoms with Crippen LogP contribution in [0.5, 0.6) is 6.01 Å². The lowest BCUT2D eigenvalue weighted by atomic mass is 9.99. The van der Waals surface area contributed by atoms with E-state index in [9.17, 15) is 18.0 Å². The summed E-state index contributed by atoms with van der Waals surface area (Å²) in [5.41, 5.74) is 2.82. The largest absolute Gasteiger partial charge is 0.462 e. The molecule has 2 saturated heterocycles. The highest BCUT2D eigenvalue weighted by molar-refractivity contribution is 6.34. The van der Waals surface area contributed by atoms with E-state index in [2.05, 4.69) is 29.9 Å². The first kappa shape index (κ1) is 31.7. The number of halogens is 5. The van der Waals surface area contributed by atoms with Crippen LogP contribution in [0.3, 0.4) is 0 Å². The van der Waals surface area contributed by atoms with Crippen molar-refractivity contribution in [2.75, 3.05) is 50.5 Å². The molecule has 1 aromatic carbocycles. The van der Waals surface area contributed by atoms with Crippen LogP contribution in [0.15, 0.2) is 24.8 Å². The van der Waals surface area contributed by atoms with Gasteiger partial charge in [0.2, 0.25) is 0 Å². The van der Waals surface area contributed by atoms with Gasteiger partial charge in [-0.05, 0) is 58.0 Å². The van der Waals surface area contributed by atoms with E-state index in [1.807, 2.05) is 18.9 Å². The maximum atomic E-state index is 16.6. The van der Waals surface area contributed by atoms with Gasteiger partial charge in [-0.15, -0.1) is 0 Å². The van der Waals surface area contributed by atoms with Gasteiger partial charge in [0.1, 0.15) is 36.4 Å². The van der Waals surface area contributed by atoms with Crippen LogP contribution in [0.1, 0.15) is 30.9 Å². The van der Waals surface area contributed by atoms with Crippen LogP contribution in [0.25, 0.3) is 22.2 Å². The number of likely N-dealkylation sites (tertiary alicyclic amines) is 1. The van der Waals surface area contributed by atoms with E-state index in [0.717, 1.165) is 30.1 Å². The van der Waals surface area contributed by atoms with Gasteiger partial charge < -0.3 is 25.2 Å². The topological polar surface area (TPSA) is 131 Å². The fraction of sp³-hybridized carbons (Fsp3) is 0.448. The predicted octanol–water partition coefficient (Wildman–Crippen LogP) is 4.64. The van der Waals surface area contributed by atoms with Gasteiger partial charge in [0.05, 0.1) is 21.8 Å². The molecule has 3 aromatic heterocycles. The first-order valence-electron chi connectivity index (χ1n) is 14.6. The van der Waals surface area contributed by atoms with Gasteiger partial charge in [-0.1, -0.05) is 11.6 Å². The van der Waals surface area contributed by atoms with Gasteiger partial charge in [-0.3, -0.25) is 0 Å². The molecule has 2 fully saturated rings. The fourth-order valence-electron chi connectivity index (χ4n) is 6.16. The van der Waals surface area contributed by atoms with E-state index < -0.39 is 28.8 Å². The molecule has 244 valence electrons. The molecule has 1 amide bonds. The maximum absolute atomic E-state index is 16.6. The van der Waals surface area contributed by atoms with Crippen LogP contribution in [0, 0.1) is 12.7 Å². The van der Waals surface area contributed by atoms with Gasteiger partial charge in [0, 0.05) is 37.1 Å². The molecule has 2 N–H and O–H groups in total. The Kier molecular flexibility index (Phi) is 8.35. The molecule has 6 rings (SSSR count). The zero-order valence-electron chi connectivity index (χ0n) is 25.2. The average molecular weight is 663 g/mol. The van der Waals surface area contributed by atoms with Gasteiger partial charge in [0.15, 0.2) is 5.82 Å². The lowest BCUT2D eigenvalue weighted by Crippen LogP contribution is -2.55. The van der Waals surface area contributed by atoms with Crippen molar-refractivity contribution in [2.45, 2.75) is 44.9 Å². The number of nitrogens with zero attached hydrogens (tertiary/aromatic N) is 9. The summed E-state index contributed by atoms with van der Waals surface area (Å²) in [5, 5.41) is 3.74. The second-order valence-electron chi connectivity index (χ2n) is 11.6. The third-order valence-corrected chi connectivity index (χ3v) is 8.76. The molecule has 5 heterocycles. The van der Waals surface area contributed by atoms with Crippen molar-refractivity contribution in [1.29, 1.82) is 0 Å². The molecule has 0 spiro atoms. The van der Waals surface area contributed by atoms with Gasteiger partial charge in [0.25, 0.3) is 0 Å². The lowest BCUT2D eigenvalue weighted by Gasteiger charge is -2.40. The van der Waals surface area contributed by atoms with E-state index in [4.69, 9.17) is 22.1 Å². The summed E-state index contributed by atoms with van der Waals surface area (Å²) in [6.07, 6.45) is -0.410. The highest BCUT2D eigenvalue weighted by Gasteiger charge is 2.39. The summed E-state index contributed by atoms with van der Waals surface area (Å²) in [6, 6.07) is 1.66. The SMILES string of the molecule is Cc1cc(N)nc(-c2c(Cl)cc3c(N4CCN(C(=O)n5cncn5)C[C@@H]4C)nc(OCC4CCCN4C)nc3c2F)c1C(F)(F)F. The number of aryl methyl sites for hydroxylation is 1. The van der Waals surface area contributed by atoms with Crippen molar-refractivity contribution in [3.63, 3.8) is 0 Å². The minimum atomic E-state index is -4.87. The summed E-state index contributed by atoms with van der Waals surface area (Å²) in [6.45, 7) is 5.04. The number of benzene rings is 1. The monoisotopic (exact) mass is 662 g/mol. The van der Waals surface area contributed by atoms with Crippen molar-refractivity contribution < 1.29 is 27.1 Å². The molecule has 1 unspecified atom stereocenters. The molecule has 0 bridgehead atoms. The van der Waals surface area contributed by atoms with Crippen molar-refractivity contribution in [3.05, 3.63) is 46.8 Å². The molecule has 46 heavy (non-hydrogen) atoms. The number of hydrogen-bond donors (Lipinski definition) is 1. The highest BCUT2D eigenvalue weighted by Crippen LogP contribution is 2.44. The van der Waals surface area contributed by atoms with Crippen LogP contribution in [-0.4, -0.2) is 97.5 Å². The average Bonchev–Trinajstić information content (AvgIpc) is 3.67. The Morgan fingerprint density at radius 1 is 1.17 bits per heavy atom. The Hall–Kier alpha value is -4.31. The van der Waals surface area contributed by atoms with Gasteiger partial charge in [-0.25, -0.2) is 19.2 Å². The molecule has 17 heteroatoms. The fourth-order valence-corrected chi connectivity index (χ4v) is 6.44. The Labute approximate surface area is 266 Å². The number of nitrogen functional groups attached to an aromatic ring is 1. The molecule has 2 aliphatic heterocycles. The third kappa shape index (κ3) is 5.86. The summed E-state index contributed by atoms with van der Waals surface area (Å²) in [5.74, 6) is -1.08. The molecule has 0 aliphatic carbocycles. The van der Waals surface area contributed by atoms with Gasteiger partial charge in [-0.2, -0.15) is 32.9 Å². The summed E-state index contributed by atoms with van der Waals surface area (Å²) in [7, 11) is 1.97. The number of likely N-dealkylation sites (N-methyl/N-ethyl adjacent to an activating group) is 1. The minimum Gasteiger partial charge on any atom is -0.462 e. The van der Waals surface area contributed by atoms with Crippen molar-refractivity contribution >= 4 is 40.2 Å². The second kappa shape index (κ2) is 12.1. The maximum Gasteiger partial charge on any atom is 0.418 e. The number of ether oxygens (including phenoxy) is 1. The first-order valence-corrected chi connectivity index (χ1v) is 15.0. The molecule has 12 nitrogen and oxygen atoms in total. The Morgan fingerprint density at radius 3 is 2.61 bits per heavy atom. The Morgan fingerprint density at radius 2 is 1.96 bits per heavy atom. The highest BCUT2D eigenvalue weighted by atomic mass is 35.5. The number of hydrogen-bond acceptors (Lipinski definition) is 10. The normalized spacial score (nSPS) is 19.3. The third-order valence-electron chi connectivity index (χ3n) is 8.46. The van der Waals surface area contributed by atoms with Crippen LogP contribution in [0.2, 0.25) is 5.02 Å². The van der Waals surface area contributed by atoms with Crippen LogP contribution in [-0.2, 0) is 6.18 Å². The summed E-state index contributed by atoms with van der Waals surface area (Å²) in [4.78, 5) is 35.2. The smallest absolute Gasteiger partial charge is 0.418 e. The van der Waals surface area contributed by atoms with Crippen LogP contribution in [0.4, 0.5) is 34.0 Å². The summed E-state index contributed by atoms with van der Waals surface area (Å²) >= 11 is 6.57. The van der Waals surface area contributed by atoms with E-state index in [1.165, 1.54) is 25.6 Å². The van der Waals surface area contributed by atoms with Crippen molar-refractivity contribution in [1.82, 2.24) is 39.5 Å². The number of carbonyl (C=O) groups excluding carboxylic acids is 1. The number of fused-ring (bicyclic) bond motifs is 1. The number of piperazine rings is 1.